The van der Waals surface area contributed by atoms with Gasteiger partial charge < -0.3 is 10.6 Å². The normalized spacial score (nSPS) is 14.6. The molecular weight excluding hydrogens is 314 g/mol. The molecular formula is C18H24F2N2O2. The molecule has 4 nitrogen and oxygen atoms in total. The molecule has 2 amide bonds. The Morgan fingerprint density at radius 2 is 1.71 bits per heavy atom. The minimum atomic E-state index is -0.621. The van der Waals surface area contributed by atoms with E-state index in [0.29, 0.717) is 12.3 Å². The van der Waals surface area contributed by atoms with Gasteiger partial charge in [0.15, 0.2) is 0 Å². The molecule has 0 radical (unpaired) electrons. The minimum Gasteiger partial charge on any atom is -0.354 e. The van der Waals surface area contributed by atoms with Gasteiger partial charge in [0.05, 0.1) is 6.54 Å². The quantitative estimate of drug-likeness (QED) is 0.766. The lowest BCUT2D eigenvalue weighted by atomic mass is 10.0. The van der Waals surface area contributed by atoms with Crippen LogP contribution in [0, 0.1) is 17.6 Å². The zero-order valence-electron chi connectivity index (χ0n) is 13.7. The summed E-state index contributed by atoms with van der Waals surface area (Å²) in [5.74, 6) is -1.09. The number of rotatable bonds is 8. The fraction of sp³-hybridized carbons (Fsp3) is 0.556. The van der Waals surface area contributed by atoms with E-state index in [1.807, 2.05) is 0 Å². The van der Waals surface area contributed by atoms with Crippen LogP contribution in [0.4, 0.5) is 8.78 Å². The van der Waals surface area contributed by atoms with Crippen LogP contribution < -0.4 is 10.6 Å². The Labute approximate surface area is 141 Å². The summed E-state index contributed by atoms with van der Waals surface area (Å²) in [5, 5.41) is 5.13. The Kier molecular flexibility index (Phi) is 7.15. The number of hydrogen-bond acceptors (Lipinski definition) is 2. The molecule has 1 saturated carbocycles. The van der Waals surface area contributed by atoms with Gasteiger partial charge in [0.1, 0.15) is 11.6 Å². The highest BCUT2D eigenvalue weighted by Crippen LogP contribution is 2.28. The zero-order valence-corrected chi connectivity index (χ0v) is 13.7. The second kappa shape index (κ2) is 9.35. The number of nitrogens with one attached hydrogen (secondary N) is 2. The van der Waals surface area contributed by atoms with Crippen LogP contribution in [0.2, 0.25) is 0 Å². The van der Waals surface area contributed by atoms with Crippen molar-refractivity contribution in [3.05, 3.63) is 35.4 Å². The number of hydrogen-bond donors (Lipinski definition) is 2. The molecule has 1 fully saturated rings. The average molecular weight is 338 g/mol. The van der Waals surface area contributed by atoms with Crippen LogP contribution >= 0.6 is 0 Å². The molecule has 2 N–H and O–H groups in total. The molecule has 2 rings (SSSR count). The van der Waals surface area contributed by atoms with Crippen molar-refractivity contribution in [1.82, 2.24) is 10.6 Å². The van der Waals surface area contributed by atoms with Crippen LogP contribution in [0.1, 0.15) is 44.1 Å². The van der Waals surface area contributed by atoms with E-state index >= 15 is 0 Å². The lowest BCUT2D eigenvalue weighted by Crippen LogP contribution is -2.37. The van der Waals surface area contributed by atoms with Crippen molar-refractivity contribution >= 4 is 11.8 Å². The molecule has 1 aliphatic rings. The fourth-order valence-electron chi connectivity index (χ4n) is 3.06. The van der Waals surface area contributed by atoms with E-state index in [4.69, 9.17) is 0 Å². The van der Waals surface area contributed by atoms with E-state index in [9.17, 15) is 18.4 Å². The molecule has 0 aliphatic heterocycles. The smallest absolute Gasteiger partial charge is 0.239 e. The fourth-order valence-corrected chi connectivity index (χ4v) is 3.06. The molecule has 0 saturated heterocycles. The molecule has 0 heterocycles. The van der Waals surface area contributed by atoms with Crippen molar-refractivity contribution in [3.8, 4) is 0 Å². The Morgan fingerprint density at radius 3 is 2.38 bits per heavy atom. The Morgan fingerprint density at radius 1 is 1.04 bits per heavy atom. The molecule has 1 aliphatic carbocycles. The van der Waals surface area contributed by atoms with Crippen LogP contribution in [-0.4, -0.2) is 24.9 Å². The maximum absolute atomic E-state index is 13.4. The van der Waals surface area contributed by atoms with Crippen molar-refractivity contribution in [3.63, 3.8) is 0 Å². The van der Waals surface area contributed by atoms with Gasteiger partial charge in [-0.05, 0) is 30.9 Å². The highest BCUT2D eigenvalue weighted by molar-refractivity contribution is 5.84. The number of halogens is 2. The Bertz CT molecular complexity index is 552. The van der Waals surface area contributed by atoms with Gasteiger partial charge in [0.2, 0.25) is 11.8 Å². The van der Waals surface area contributed by atoms with E-state index in [1.165, 1.54) is 43.9 Å². The van der Waals surface area contributed by atoms with Gasteiger partial charge in [-0.25, -0.2) is 8.78 Å². The molecule has 1 aromatic rings. The van der Waals surface area contributed by atoms with Crippen LogP contribution in [0.5, 0.6) is 0 Å². The lowest BCUT2D eigenvalue weighted by molar-refractivity contribution is -0.126. The number of carbonyl (C=O) groups is 2. The number of carbonyl (C=O) groups excluding carboxylic acids is 2. The first kappa shape index (κ1) is 18.4. The topological polar surface area (TPSA) is 58.2 Å². The summed E-state index contributed by atoms with van der Waals surface area (Å²) in [7, 11) is 0. The first-order valence-corrected chi connectivity index (χ1v) is 8.52. The second-order valence-corrected chi connectivity index (χ2v) is 6.27. The first-order chi connectivity index (χ1) is 11.6. The monoisotopic (exact) mass is 338 g/mol. The molecule has 132 valence electrons. The summed E-state index contributed by atoms with van der Waals surface area (Å²) in [4.78, 5) is 23.4. The zero-order chi connectivity index (χ0) is 17.4. The van der Waals surface area contributed by atoms with Crippen LogP contribution in [0.15, 0.2) is 18.2 Å². The van der Waals surface area contributed by atoms with Gasteiger partial charge in [-0.15, -0.1) is 0 Å². The van der Waals surface area contributed by atoms with E-state index in [0.717, 1.165) is 6.42 Å². The van der Waals surface area contributed by atoms with E-state index in [2.05, 4.69) is 10.6 Å². The van der Waals surface area contributed by atoms with Gasteiger partial charge in [-0.2, -0.15) is 0 Å². The second-order valence-electron chi connectivity index (χ2n) is 6.27. The average Bonchev–Trinajstić information content (AvgIpc) is 3.07. The van der Waals surface area contributed by atoms with Crippen LogP contribution in [0.3, 0.4) is 0 Å². The SMILES string of the molecule is O=C(CCC1CCCC1)NCC(=O)NCCc1c(F)cccc1F. The predicted molar refractivity (Wildman–Crippen MR) is 87.3 cm³/mol. The van der Waals surface area contributed by atoms with Crippen molar-refractivity contribution in [1.29, 1.82) is 0 Å². The summed E-state index contributed by atoms with van der Waals surface area (Å²) in [6, 6.07) is 3.67. The van der Waals surface area contributed by atoms with E-state index in [1.54, 1.807) is 0 Å². The molecule has 0 atom stereocenters. The molecule has 1 aromatic carbocycles. The van der Waals surface area contributed by atoms with Gasteiger partial charge in [-0.1, -0.05) is 31.7 Å². The maximum atomic E-state index is 13.4. The standard InChI is InChI=1S/C18H24F2N2O2/c19-15-6-3-7-16(20)14(15)10-11-21-18(24)12-22-17(23)9-8-13-4-1-2-5-13/h3,6-7,13H,1-2,4-5,8-12H2,(H,21,24)(H,22,23). The third-order valence-corrected chi connectivity index (χ3v) is 4.46. The van der Waals surface area contributed by atoms with Crippen LogP contribution in [0.25, 0.3) is 0 Å². The maximum Gasteiger partial charge on any atom is 0.239 e. The molecule has 24 heavy (non-hydrogen) atoms. The summed E-state index contributed by atoms with van der Waals surface area (Å²) in [6.07, 6.45) is 6.27. The van der Waals surface area contributed by atoms with Crippen molar-refractivity contribution in [2.45, 2.75) is 44.9 Å². The van der Waals surface area contributed by atoms with Gasteiger partial charge in [0, 0.05) is 18.5 Å². The third kappa shape index (κ3) is 5.91. The third-order valence-electron chi connectivity index (χ3n) is 4.46. The van der Waals surface area contributed by atoms with Crippen molar-refractivity contribution in [2.24, 2.45) is 5.92 Å². The molecule has 0 bridgehead atoms. The number of benzene rings is 1. The number of amides is 2. The van der Waals surface area contributed by atoms with E-state index in [-0.39, 0.29) is 36.9 Å². The molecule has 6 heteroatoms. The van der Waals surface area contributed by atoms with Crippen LogP contribution in [-0.2, 0) is 16.0 Å². The Hall–Kier alpha value is -1.98. The summed E-state index contributed by atoms with van der Waals surface area (Å²) in [5.41, 5.74) is -0.0431. The largest absolute Gasteiger partial charge is 0.354 e. The van der Waals surface area contributed by atoms with E-state index < -0.39 is 11.6 Å². The van der Waals surface area contributed by atoms with Crippen molar-refractivity contribution in [2.75, 3.05) is 13.1 Å². The molecule has 0 unspecified atom stereocenters. The molecule has 0 aromatic heterocycles. The highest BCUT2D eigenvalue weighted by Gasteiger charge is 2.16. The summed E-state index contributed by atoms with van der Waals surface area (Å²) < 4.78 is 26.9. The first-order valence-electron chi connectivity index (χ1n) is 8.52. The Balaban J connectivity index is 1.60. The van der Waals surface area contributed by atoms with Gasteiger partial charge in [-0.3, -0.25) is 9.59 Å². The van der Waals surface area contributed by atoms with Gasteiger partial charge in [0.25, 0.3) is 0 Å². The summed E-state index contributed by atoms with van der Waals surface area (Å²) >= 11 is 0. The van der Waals surface area contributed by atoms with Crippen molar-refractivity contribution < 1.29 is 18.4 Å². The summed E-state index contributed by atoms with van der Waals surface area (Å²) in [6.45, 7) is 0.0118. The molecule has 0 spiro atoms. The lowest BCUT2D eigenvalue weighted by Gasteiger charge is -2.10. The highest BCUT2D eigenvalue weighted by atomic mass is 19.1. The minimum absolute atomic E-state index is 0.0431. The predicted octanol–water partition coefficient (Wildman–Crippen LogP) is 2.71. The van der Waals surface area contributed by atoms with Gasteiger partial charge >= 0.3 is 0 Å².